The highest BCUT2D eigenvalue weighted by molar-refractivity contribution is 5.29. The molecule has 1 heterocycles. The minimum atomic E-state index is -0.315. The van der Waals surface area contributed by atoms with E-state index in [9.17, 15) is 9.18 Å². The molecule has 7 heteroatoms. The van der Waals surface area contributed by atoms with Crippen molar-refractivity contribution in [3.05, 3.63) is 81.5 Å². The van der Waals surface area contributed by atoms with Crippen LogP contribution in [0.15, 0.2) is 53.3 Å². The van der Waals surface area contributed by atoms with Gasteiger partial charge in [-0.3, -0.25) is 9.78 Å². The predicted molar refractivity (Wildman–Crippen MR) is 97.0 cm³/mol. The third kappa shape index (κ3) is 4.66. The molecular weight excluding hydrogens is 335 g/mol. The van der Waals surface area contributed by atoms with E-state index in [1.165, 1.54) is 12.1 Å². The van der Waals surface area contributed by atoms with Gasteiger partial charge in [-0.15, -0.1) is 10.2 Å². The predicted octanol–water partition coefficient (Wildman–Crippen LogP) is 2.56. The number of halogens is 1. The second kappa shape index (κ2) is 8.24. The van der Waals surface area contributed by atoms with Gasteiger partial charge in [-0.2, -0.15) is 0 Å². The number of benzene rings is 2. The van der Waals surface area contributed by atoms with Crippen LogP contribution in [0.25, 0.3) is 0 Å². The first-order chi connectivity index (χ1) is 12.6. The quantitative estimate of drug-likeness (QED) is 0.682. The number of rotatable bonds is 7. The van der Waals surface area contributed by atoms with Gasteiger partial charge in [0.1, 0.15) is 17.3 Å². The van der Waals surface area contributed by atoms with E-state index >= 15 is 0 Å². The van der Waals surface area contributed by atoms with E-state index in [0.717, 1.165) is 23.3 Å². The molecule has 0 bridgehead atoms. The lowest BCUT2D eigenvalue weighted by atomic mass is 10.1. The maximum absolute atomic E-state index is 12.9. The van der Waals surface area contributed by atoms with Crippen LogP contribution in [0.5, 0.6) is 5.75 Å². The van der Waals surface area contributed by atoms with Crippen LogP contribution in [0, 0.1) is 5.82 Å². The lowest BCUT2D eigenvalue weighted by molar-refractivity contribution is 0.414. The van der Waals surface area contributed by atoms with E-state index in [1.54, 1.807) is 19.2 Å². The first-order valence-corrected chi connectivity index (χ1v) is 8.21. The molecule has 0 radical (unpaired) electrons. The Labute approximate surface area is 150 Å². The number of hydrogen-bond acceptors (Lipinski definition) is 5. The lowest BCUT2D eigenvalue weighted by Gasteiger charge is -2.06. The zero-order valence-corrected chi connectivity index (χ0v) is 14.3. The second-order valence-electron chi connectivity index (χ2n) is 5.78. The molecule has 0 spiro atoms. The Kier molecular flexibility index (Phi) is 5.58. The first kappa shape index (κ1) is 17.6. The van der Waals surface area contributed by atoms with Crippen molar-refractivity contribution in [2.75, 3.05) is 19.0 Å². The monoisotopic (exact) mass is 354 g/mol. The molecule has 26 heavy (non-hydrogen) atoms. The normalized spacial score (nSPS) is 10.5. The van der Waals surface area contributed by atoms with Crippen molar-refractivity contribution in [1.29, 1.82) is 0 Å². The van der Waals surface area contributed by atoms with Crippen molar-refractivity contribution >= 4 is 5.95 Å². The third-order valence-corrected chi connectivity index (χ3v) is 3.91. The van der Waals surface area contributed by atoms with Gasteiger partial charge in [-0.25, -0.2) is 4.39 Å². The zero-order chi connectivity index (χ0) is 18.4. The fraction of sp³-hybridized carbons (Fsp3) is 0.211. The Hall–Kier alpha value is -3.22. The highest BCUT2D eigenvalue weighted by Gasteiger charge is 2.06. The third-order valence-electron chi connectivity index (χ3n) is 3.91. The average Bonchev–Trinajstić information content (AvgIpc) is 2.66. The Balaban J connectivity index is 1.56. The smallest absolute Gasteiger partial charge is 0.274 e. The summed E-state index contributed by atoms with van der Waals surface area (Å²) < 4.78 is 18.0. The molecule has 2 N–H and O–H groups in total. The summed E-state index contributed by atoms with van der Waals surface area (Å²) in [5.41, 5.74) is 1.92. The van der Waals surface area contributed by atoms with Crippen LogP contribution in [0.4, 0.5) is 10.3 Å². The molecule has 1 aromatic heterocycles. The number of H-pyrrole nitrogens is 1. The van der Waals surface area contributed by atoms with Gasteiger partial charge in [-0.1, -0.05) is 24.3 Å². The maximum Gasteiger partial charge on any atom is 0.274 e. The fourth-order valence-corrected chi connectivity index (χ4v) is 2.47. The summed E-state index contributed by atoms with van der Waals surface area (Å²) in [7, 11) is 1.63. The van der Waals surface area contributed by atoms with E-state index in [0.29, 0.717) is 18.9 Å². The van der Waals surface area contributed by atoms with Gasteiger partial charge in [0.15, 0.2) is 0 Å². The van der Waals surface area contributed by atoms with Crippen LogP contribution >= 0.6 is 0 Å². The van der Waals surface area contributed by atoms with Crippen molar-refractivity contribution in [1.82, 2.24) is 15.2 Å². The molecule has 3 rings (SSSR count). The SMILES string of the molecule is COc1ccc(CCNc2nnc(Cc3ccc(F)cc3)c(=O)[nH]2)cc1. The van der Waals surface area contributed by atoms with Gasteiger partial charge in [-0.05, 0) is 41.8 Å². The van der Waals surface area contributed by atoms with Crippen LogP contribution in [0.1, 0.15) is 16.8 Å². The van der Waals surface area contributed by atoms with Crippen molar-refractivity contribution in [2.45, 2.75) is 12.8 Å². The molecular formula is C19H19FN4O2. The molecule has 134 valence electrons. The van der Waals surface area contributed by atoms with Gasteiger partial charge in [0.05, 0.1) is 7.11 Å². The highest BCUT2D eigenvalue weighted by Crippen LogP contribution is 2.11. The van der Waals surface area contributed by atoms with E-state index < -0.39 is 0 Å². The maximum atomic E-state index is 12.9. The number of aromatic nitrogens is 3. The molecule has 0 saturated heterocycles. The van der Waals surface area contributed by atoms with Crippen LogP contribution in [-0.2, 0) is 12.8 Å². The minimum absolute atomic E-state index is 0.289. The summed E-state index contributed by atoms with van der Waals surface area (Å²) in [6.45, 7) is 0.605. The molecule has 0 atom stereocenters. The van der Waals surface area contributed by atoms with Crippen LogP contribution in [0.2, 0.25) is 0 Å². The lowest BCUT2D eigenvalue weighted by Crippen LogP contribution is -2.20. The summed E-state index contributed by atoms with van der Waals surface area (Å²) in [6.07, 6.45) is 1.07. The molecule has 0 aliphatic heterocycles. The summed E-state index contributed by atoms with van der Waals surface area (Å²) in [4.78, 5) is 14.8. The summed E-state index contributed by atoms with van der Waals surface area (Å²) >= 11 is 0. The molecule has 0 saturated carbocycles. The van der Waals surface area contributed by atoms with Crippen molar-refractivity contribution in [3.63, 3.8) is 0 Å². The number of hydrogen-bond donors (Lipinski definition) is 2. The van der Waals surface area contributed by atoms with Gasteiger partial charge in [0.2, 0.25) is 5.95 Å². The van der Waals surface area contributed by atoms with Crippen LogP contribution in [0.3, 0.4) is 0 Å². The molecule has 0 aliphatic rings. The molecule has 6 nitrogen and oxygen atoms in total. The number of nitrogens with one attached hydrogen (secondary N) is 2. The number of methoxy groups -OCH3 is 1. The fourth-order valence-electron chi connectivity index (χ4n) is 2.47. The Bertz CT molecular complexity index is 908. The number of aromatic amines is 1. The van der Waals surface area contributed by atoms with Gasteiger partial charge < -0.3 is 10.1 Å². The molecule has 0 fully saturated rings. The van der Waals surface area contributed by atoms with Crippen molar-refractivity contribution in [3.8, 4) is 5.75 Å². The Morgan fingerprint density at radius 3 is 2.38 bits per heavy atom. The van der Waals surface area contributed by atoms with Crippen molar-refractivity contribution < 1.29 is 9.13 Å². The van der Waals surface area contributed by atoms with Crippen LogP contribution in [-0.4, -0.2) is 28.8 Å². The van der Waals surface area contributed by atoms with E-state index in [1.807, 2.05) is 24.3 Å². The van der Waals surface area contributed by atoms with E-state index in [2.05, 4.69) is 20.5 Å². The van der Waals surface area contributed by atoms with E-state index in [-0.39, 0.29) is 17.1 Å². The minimum Gasteiger partial charge on any atom is -0.497 e. The Morgan fingerprint density at radius 1 is 1.04 bits per heavy atom. The molecule has 0 amide bonds. The largest absolute Gasteiger partial charge is 0.497 e. The number of nitrogens with zero attached hydrogens (tertiary/aromatic N) is 2. The van der Waals surface area contributed by atoms with Gasteiger partial charge >= 0.3 is 0 Å². The zero-order valence-electron chi connectivity index (χ0n) is 14.3. The molecule has 2 aromatic carbocycles. The standard InChI is InChI=1S/C19H19FN4O2/c1-26-16-8-4-13(5-9-16)10-11-21-19-22-18(25)17(23-24-19)12-14-2-6-15(20)7-3-14/h2-9H,10-12H2,1H3,(H2,21,22,24,25). The van der Waals surface area contributed by atoms with Gasteiger partial charge in [0.25, 0.3) is 5.56 Å². The summed E-state index contributed by atoms with van der Waals surface area (Å²) in [6, 6.07) is 13.7. The summed E-state index contributed by atoms with van der Waals surface area (Å²) in [5.74, 6) is 0.824. The van der Waals surface area contributed by atoms with Crippen molar-refractivity contribution in [2.24, 2.45) is 0 Å². The number of anilines is 1. The highest BCUT2D eigenvalue weighted by atomic mass is 19.1. The van der Waals surface area contributed by atoms with Crippen LogP contribution < -0.4 is 15.6 Å². The van der Waals surface area contributed by atoms with E-state index in [4.69, 9.17) is 4.74 Å². The average molecular weight is 354 g/mol. The Morgan fingerprint density at radius 2 is 1.73 bits per heavy atom. The number of ether oxygens (including phenoxy) is 1. The second-order valence-corrected chi connectivity index (χ2v) is 5.78. The first-order valence-electron chi connectivity index (χ1n) is 8.21. The molecule has 0 unspecified atom stereocenters. The summed E-state index contributed by atoms with van der Waals surface area (Å²) in [5, 5.41) is 11.0. The topological polar surface area (TPSA) is 79.9 Å². The molecule has 0 aliphatic carbocycles. The van der Waals surface area contributed by atoms with Gasteiger partial charge in [0, 0.05) is 13.0 Å². The molecule has 3 aromatic rings.